The van der Waals surface area contributed by atoms with Crippen molar-refractivity contribution in [2.75, 3.05) is 26.8 Å². The molecular weight excluding hydrogens is 184 g/mol. The van der Waals surface area contributed by atoms with Crippen molar-refractivity contribution in [3.63, 3.8) is 0 Å². The zero-order chi connectivity index (χ0) is 10.3. The summed E-state index contributed by atoms with van der Waals surface area (Å²) < 4.78 is 5.02. The minimum absolute atomic E-state index is 0.218. The van der Waals surface area contributed by atoms with Crippen LogP contribution in [-0.4, -0.2) is 42.7 Å². The minimum Gasteiger partial charge on any atom is -0.392 e. The van der Waals surface area contributed by atoms with Gasteiger partial charge in [0.15, 0.2) is 0 Å². The topological polar surface area (TPSA) is 38.5 Å². The number of rotatable bonds is 7. The molecular formula is C9H20N2OS. The Balaban J connectivity index is 4.08. The first kappa shape index (κ1) is 12.8. The number of methoxy groups -OCH3 is 1. The molecule has 0 aromatic carbocycles. The average molecular weight is 204 g/mol. The summed E-state index contributed by atoms with van der Waals surface area (Å²) in [6.07, 6.45) is 0.965. The van der Waals surface area contributed by atoms with Gasteiger partial charge in [-0.25, -0.2) is 0 Å². The van der Waals surface area contributed by atoms with Crippen LogP contribution < -0.4 is 5.73 Å². The van der Waals surface area contributed by atoms with E-state index in [-0.39, 0.29) is 6.04 Å². The Morgan fingerprint density at radius 1 is 1.54 bits per heavy atom. The molecule has 0 amide bonds. The van der Waals surface area contributed by atoms with Crippen LogP contribution in [0.5, 0.6) is 0 Å². The normalized spacial score (nSPS) is 13.2. The third-order valence-corrected chi connectivity index (χ3v) is 2.42. The molecule has 1 atom stereocenters. The Bertz CT molecular complexity index is 153. The van der Waals surface area contributed by atoms with Gasteiger partial charge in [-0.3, -0.25) is 4.90 Å². The van der Waals surface area contributed by atoms with Crippen molar-refractivity contribution >= 4 is 17.2 Å². The Morgan fingerprint density at radius 2 is 2.15 bits per heavy atom. The van der Waals surface area contributed by atoms with Crippen molar-refractivity contribution in [2.24, 2.45) is 5.73 Å². The summed E-state index contributed by atoms with van der Waals surface area (Å²) in [6, 6.07) is 0.218. The fourth-order valence-corrected chi connectivity index (χ4v) is 1.70. The fourth-order valence-electron chi connectivity index (χ4n) is 1.38. The van der Waals surface area contributed by atoms with E-state index in [1.165, 1.54) is 0 Å². The smallest absolute Gasteiger partial charge is 0.0901 e. The highest BCUT2D eigenvalue weighted by Gasteiger charge is 2.16. The van der Waals surface area contributed by atoms with E-state index in [9.17, 15) is 0 Å². The SMILES string of the molecule is CCC(C(N)=S)N(CC)CCOC. The summed E-state index contributed by atoms with van der Waals surface area (Å²) in [7, 11) is 1.70. The van der Waals surface area contributed by atoms with Gasteiger partial charge in [-0.15, -0.1) is 0 Å². The van der Waals surface area contributed by atoms with Crippen LogP contribution in [0, 0.1) is 0 Å². The molecule has 0 aliphatic carbocycles. The first-order valence-electron chi connectivity index (χ1n) is 4.69. The van der Waals surface area contributed by atoms with Crippen LogP contribution in [0.2, 0.25) is 0 Å². The zero-order valence-corrected chi connectivity index (χ0v) is 9.56. The quantitative estimate of drug-likeness (QED) is 0.628. The van der Waals surface area contributed by atoms with E-state index < -0.39 is 0 Å². The molecule has 0 rings (SSSR count). The van der Waals surface area contributed by atoms with Gasteiger partial charge in [0.1, 0.15) is 0 Å². The molecule has 0 saturated heterocycles. The van der Waals surface area contributed by atoms with Gasteiger partial charge in [-0.05, 0) is 13.0 Å². The Kier molecular flexibility index (Phi) is 7.13. The molecule has 3 nitrogen and oxygen atoms in total. The summed E-state index contributed by atoms with van der Waals surface area (Å²) in [5.41, 5.74) is 5.64. The van der Waals surface area contributed by atoms with Crippen molar-refractivity contribution in [1.29, 1.82) is 0 Å². The minimum atomic E-state index is 0.218. The van der Waals surface area contributed by atoms with E-state index >= 15 is 0 Å². The summed E-state index contributed by atoms with van der Waals surface area (Å²) in [5, 5.41) is 0. The van der Waals surface area contributed by atoms with E-state index in [1.54, 1.807) is 7.11 Å². The highest BCUT2D eigenvalue weighted by molar-refractivity contribution is 7.80. The van der Waals surface area contributed by atoms with E-state index in [2.05, 4.69) is 18.7 Å². The van der Waals surface area contributed by atoms with E-state index in [4.69, 9.17) is 22.7 Å². The number of likely N-dealkylation sites (N-methyl/N-ethyl adjacent to an activating group) is 1. The van der Waals surface area contributed by atoms with Crippen LogP contribution in [0.1, 0.15) is 20.3 Å². The second kappa shape index (κ2) is 7.24. The van der Waals surface area contributed by atoms with Gasteiger partial charge in [0.05, 0.1) is 17.6 Å². The number of hydrogen-bond acceptors (Lipinski definition) is 3. The molecule has 0 aromatic heterocycles. The third kappa shape index (κ3) is 4.55. The predicted octanol–water partition coefficient (Wildman–Crippen LogP) is 1.02. The summed E-state index contributed by atoms with van der Waals surface area (Å²) >= 11 is 5.00. The lowest BCUT2D eigenvalue weighted by Crippen LogP contribution is -2.44. The predicted molar refractivity (Wildman–Crippen MR) is 60.0 cm³/mol. The molecule has 0 aromatic rings. The van der Waals surface area contributed by atoms with Crippen molar-refractivity contribution in [3.05, 3.63) is 0 Å². The van der Waals surface area contributed by atoms with Gasteiger partial charge in [-0.2, -0.15) is 0 Å². The number of hydrogen-bond donors (Lipinski definition) is 1. The first-order valence-corrected chi connectivity index (χ1v) is 5.10. The van der Waals surface area contributed by atoms with Gasteiger partial charge >= 0.3 is 0 Å². The maximum absolute atomic E-state index is 5.64. The van der Waals surface area contributed by atoms with Crippen LogP contribution in [0.15, 0.2) is 0 Å². The number of nitrogens with zero attached hydrogens (tertiary/aromatic N) is 1. The maximum Gasteiger partial charge on any atom is 0.0901 e. The molecule has 0 fully saturated rings. The lowest BCUT2D eigenvalue weighted by Gasteiger charge is -2.28. The summed E-state index contributed by atoms with van der Waals surface area (Å²) in [4.78, 5) is 2.83. The number of nitrogens with two attached hydrogens (primary N) is 1. The standard InChI is InChI=1S/C9H20N2OS/c1-4-8(9(10)13)11(5-2)6-7-12-3/h8H,4-7H2,1-3H3,(H2,10,13). The lowest BCUT2D eigenvalue weighted by molar-refractivity contribution is 0.140. The average Bonchev–Trinajstić information content (AvgIpc) is 2.11. The molecule has 0 heterocycles. The zero-order valence-electron chi connectivity index (χ0n) is 8.75. The Labute approximate surface area is 86.2 Å². The van der Waals surface area contributed by atoms with E-state index in [0.717, 1.165) is 26.1 Å². The van der Waals surface area contributed by atoms with Gasteiger partial charge in [-0.1, -0.05) is 26.1 Å². The van der Waals surface area contributed by atoms with Crippen LogP contribution in [0.3, 0.4) is 0 Å². The van der Waals surface area contributed by atoms with E-state index in [1.807, 2.05) is 0 Å². The fraction of sp³-hybridized carbons (Fsp3) is 0.889. The Hall–Kier alpha value is -0.190. The molecule has 13 heavy (non-hydrogen) atoms. The van der Waals surface area contributed by atoms with Gasteiger partial charge in [0.2, 0.25) is 0 Å². The molecule has 0 radical (unpaired) electrons. The third-order valence-electron chi connectivity index (χ3n) is 2.14. The van der Waals surface area contributed by atoms with Crippen molar-refractivity contribution in [1.82, 2.24) is 4.90 Å². The molecule has 2 N–H and O–H groups in total. The second-order valence-corrected chi connectivity index (χ2v) is 3.42. The summed E-state index contributed by atoms with van der Waals surface area (Å²) in [6.45, 7) is 6.78. The molecule has 0 bridgehead atoms. The molecule has 1 unspecified atom stereocenters. The molecule has 0 aliphatic heterocycles. The van der Waals surface area contributed by atoms with Crippen LogP contribution in [0.4, 0.5) is 0 Å². The number of thiocarbonyl (C=S) groups is 1. The van der Waals surface area contributed by atoms with E-state index in [0.29, 0.717) is 4.99 Å². The highest BCUT2D eigenvalue weighted by Crippen LogP contribution is 2.04. The lowest BCUT2D eigenvalue weighted by atomic mass is 10.2. The van der Waals surface area contributed by atoms with Crippen molar-refractivity contribution in [2.45, 2.75) is 26.3 Å². The molecule has 4 heteroatoms. The summed E-state index contributed by atoms with van der Waals surface area (Å²) in [5.74, 6) is 0. The second-order valence-electron chi connectivity index (χ2n) is 2.95. The van der Waals surface area contributed by atoms with Crippen molar-refractivity contribution < 1.29 is 4.74 Å². The largest absolute Gasteiger partial charge is 0.392 e. The number of ether oxygens (including phenoxy) is 1. The molecule has 0 saturated carbocycles. The molecule has 78 valence electrons. The van der Waals surface area contributed by atoms with Gasteiger partial charge in [0, 0.05) is 13.7 Å². The highest BCUT2D eigenvalue weighted by atomic mass is 32.1. The maximum atomic E-state index is 5.64. The van der Waals surface area contributed by atoms with Crippen LogP contribution >= 0.6 is 12.2 Å². The van der Waals surface area contributed by atoms with Gasteiger partial charge in [0.25, 0.3) is 0 Å². The van der Waals surface area contributed by atoms with Crippen LogP contribution in [0.25, 0.3) is 0 Å². The van der Waals surface area contributed by atoms with Crippen LogP contribution in [-0.2, 0) is 4.74 Å². The van der Waals surface area contributed by atoms with Gasteiger partial charge < -0.3 is 10.5 Å². The monoisotopic (exact) mass is 204 g/mol. The van der Waals surface area contributed by atoms with Crippen molar-refractivity contribution in [3.8, 4) is 0 Å². The molecule has 0 aliphatic rings. The molecule has 0 spiro atoms. The first-order chi connectivity index (χ1) is 6.17. The Morgan fingerprint density at radius 3 is 2.46 bits per heavy atom.